The van der Waals surface area contributed by atoms with Crippen molar-refractivity contribution in [1.82, 2.24) is 10.3 Å². The summed E-state index contributed by atoms with van der Waals surface area (Å²) in [6, 6.07) is 3.66. The number of hydrogen-bond acceptors (Lipinski definition) is 3. The van der Waals surface area contributed by atoms with E-state index >= 15 is 0 Å². The molecule has 0 radical (unpaired) electrons. The Morgan fingerprint density at radius 1 is 1.19 bits per heavy atom. The molecule has 21 heavy (non-hydrogen) atoms. The lowest BCUT2D eigenvalue weighted by Gasteiger charge is -2.25. The van der Waals surface area contributed by atoms with Crippen LogP contribution in [-0.2, 0) is 12.0 Å². The molecule has 0 aliphatic rings. The third kappa shape index (κ3) is 5.91. The second-order valence-corrected chi connectivity index (χ2v) is 6.22. The second-order valence-electron chi connectivity index (χ2n) is 6.22. The van der Waals surface area contributed by atoms with E-state index in [1.54, 1.807) is 6.07 Å². The quantitative estimate of drug-likeness (QED) is 0.902. The predicted molar refractivity (Wildman–Crippen MR) is 79.6 cm³/mol. The van der Waals surface area contributed by atoms with Gasteiger partial charge >= 0.3 is 6.18 Å². The van der Waals surface area contributed by atoms with Gasteiger partial charge in [0.15, 0.2) is 0 Å². The van der Waals surface area contributed by atoms with Gasteiger partial charge in [-0.25, -0.2) is 4.98 Å². The zero-order valence-electron chi connectivity index (χ0n) is 13.3. The number of rotatable bonds is 5. The summed E-state index contributed by atoms with van der Waals surface area (Å²) in [6.07, 6.45) is -4.24. The highest BCUT2D eigenvalue weighted by atomic mass is 19.4. The Labute approximate surface area is 124 Å². The highest BCUT2D eigenvalue weighted by Gasteiger charge is 2.30. The SMILES string of the molecule is CCNCc1cc(N(C)CC(F)(F)F)nc(C(C)(C)C)c1. The summed E-state index contributed by atoms with van der Waals surface area (Å²) in [5, 5.41) is 3.19. The van der Waals surface area contributed by atoms with Crippen LogP contribution in [0.25, 0.3) is 0 Å². The fourth-order valence-electron chi connectivity index (χ4n) is 1.87. The van der Waals surface area contributed by atoms with Gasteiger partial charge in [-0.1, -0.05) is 27.7 Å². The van der Waals surface area contributed by atoms with Crippen LogP contribution in [0.1, 0.15) is 39.0 Å². The standard InChI is InChI=1S/C15H24F3N3/c1-6-19-9-11-7-12(14(2,3)4)20-13(8-11)21(5)10-15(16,17)18/h7-8,19H,6,9-10H2,1-5H3. The van der Waals surface area contributed by atoms with E-state index in [0.717, 1.165) is 22.7 Å². The lowest BCUT2D eigenvalue weighted by Crippen LogP contribution is -2.32. The minimum atomic E-state index is -4.24. The minimum absolute atomic E-state index is 0.212. The van der Waals surface area contributed by atoms with Crippen molar-refractivity contribution in [3.05, 3.63) is 23.4 Å². The smallest absolute Gasteiger partial charge is 0.351 e. The van der Waals surface area contributed by atoms with Gasteiger partial charge in [-0.3, -0.25) is 0 Å². The summed E-state index contributed by atoms with van der Waals surface area (Å²) < 4.78 is 37.6. The third-order valence-corrected chi connectivity index (χ3v) is 3.03. The number of hydrogen-bond donors (Lipinski definition) is 1. The van der Waals surface area contributed by atoms with Crippen molar-refractivity contribution in [3.8, 4) is 0 Å². The summed E-state index contributed by atoms with van der Waals surface area (Å²) in [5.41, 5.74) is 1.53. The molecule has 0 saturated carbocycles. The van der Waals surface area contributed by atoms with E-state index in [4.69, 9.17) is 0 Å². The molecular weight excluding hydrogens is 279 g/mol. The first kappa shape index (κ1) is 17.8. The molecule has 0 saturated heterocycles. The molecule has 0 spiro atoms. The lowest BCUT2D eigenvalue weighted by molar-refractivity contribution is -0.119. The van der Waals surface area contributed by atoms with Crippen LogP contribution in [0.2, 0.25) is 0 Å². The van der Waals surface area contributed by atoms with Crippen molar-refractivity contribution in [2.75, 3.05) is 25.0 Å². The van der Waals surface area contributed by atoms with Crippen LogP contribution >= 0.6 is 0 Å². The summed E-state index contributed by atoms with van der Waals surface area (Å²) in [6.45, 7) is 8.41. The van der Waals surface area contributed by atoms with E-state index in [-0.39, 0.29) is 5.41 Å². The number of nitrogens with one attached hydrogen (secondary N) is 1. The van der Waals surface area contributed by atoms with Gasteiger partial charge in [0, 0.05) is 24.7 Å². The van der Waals surface area contributed by atoms with E-state index < -0.39 is 12.7 Å². The van der Waals surface area contributed by atoms with Crippen LogP contribution < -0.4 is 10.2 Å². The first-order chi connectivity index (χ1) is 9.53. The molecule has 3 nitrogen and oxygen atoms in total. The van der Waals surface area contributed by atoms with Gasteiger partial charge in [-0.05, 0) is 24.2 Å². The number of alkyl halides is 3. The maximum absolute atomic E-state index is 12.5. The molecule has 120 valence electrons. The van der Waals surface area contributed by atoms with E-state index in [2.05, 4.69) is 10.3 Å². The Kier molecular flexibility index (Phi) is 5.61. The van der Waals surface area contributed by atoms with Crippen molar-refractivity contribution in [2.45, 2.75) is 45.8 Å². The second kappa shape index (κ2) is 6.64. The molecule has 1 rings (SSSR count). The minimum Gasteiger partial charge on any atom is -0.351 e. The molecule has 0 amide bonds. The summed E-state index contributed by atoms with van der Waals surface area (Å²) >= 11 is 0. The van der Waals surface area contributed by atoms with Gasteiger partial charge in [0.05, 0.1) is 0 Å². The molecule has 0 aliphatic heterocycles. The Bertz CT molecular complexity index is 464. The average molecular weight is 303 g/mol. The Morgan fingerprint density at radius 2 is 1.81 bits per heavy atom. The monoisotopic (exact) mass is 303 g/mol. The van der Waals surface area contributed by atoms with Crippen LogP contribution in [0.15, 0.2) is 12.1 Å². The Hall–Kier alpha value is -1.30. The molecule has 0 bridgehead atoms. The van der Waals surface area contributed by atoms with Gasteiger partial charge in [-0.15, -0.1) is 0 Å². The molecule has 1 N–H and O–H groups in total. The molecule has 1 aromatic heterocycles. The van der Waals surface area contributed by atoms with Crippen LogP contribution in [0.4, 0.5) is 19.0 Å². The van der Waals surface area contributed by atoms with Gasteiger partial charge < -0.3 is 10.2 Å². The predicted octanol–water partition coefficient (Wildman–Crippen LogP) is 3.49. The normalized spacial score (nSPS) is 12.6. The van der Waals surface area contributed by atoms with Gasteiger partial charge in [0.25, 0.3) is 0 Å². The maximum Gasteiger partial charge on any atom is 0.405 e. The van der Waals surface area contributed by atoms with Crippen molar-refractivity contribution in [1.29, 1.82) is 0 Å². The van der Waals surface area contributed by atoms with Crippen LogP contribution in [0, 0.1) is 0 Å². The largest absolute Gasteiger partial charge is 0.405 e. The van der Waals surface area contributed by atoms with Crippen LogP contribution in [-0.4, -0.2) is 31.3 Å². The summed E-state index contributed by atoms with van der Waals surface area (Å²) in [5.74, 6) is 0.354. The first-order valence-corrected chi connectivity index (χ1v) is 7.03. The zero-order chi connectivity index (χ0) is 16.3. The highest BCUT2D eigenvalue weighted by Crippen LogP contribution is 2.26. The number of pyridine rings is 1. The fraction of sp³-hybridized carbons (Fsp3) is 0.667. The highest BCUT2D eigenvalue weighted by molar-refractivity contribution is 5.43. The summed E-state index contributed by atoms with van der Waals surface area (Å²) in [4.78, 5) is 5.54. The molecule has 0 aliphatic carbocycles. The molecule has 0 aromatic carbocycles. The molecule has 1 aromatic rings. The van der Waals surface area contributed by atoms with E-state index in [0.29, 0.717) is 12.4 Å². The first-order valence-electron chi connectivity index (χ1n) is 7.03. The van der Waals surface area contributed by atoms with Crippen molar-refractivity contribution in [3.63, 3.8) is 0 Å². The molecular formula is C15H24F3N3. The number of anilines is 1. The topological polar surface area (TPSA) is 28.2 Å². The molecule has 0 unspecified atom stereocenters. The third-order valence-electron chi connectivity index (χ3n) is 3.03. The Balaban J connectivity index is 3.12. The number of halogens is 3. The van der Waals surface area contributed by atoms with Crippen molar-refractivity contribution in [2.24, 2.45) is 0 Å². The maximum atomic E-state index is 12.5. The molecule has 0 fully saturated rings. The number of nitrogens with zero attached hydrogens (tertiary/aromatic N) is 2. The fourth-order valence-corrected chi connectivity index (χ4v) is 1.87. The molecule has 0 atom stereocenters. The van der Waals surface area contributed by atoms with Gasteiger partial charge in [0.2, 0.25) is 0 Å². The molecule has 6 heteroatoms. The van der Waals surface area contributed by atoms with Crippen LogP contribution in [0.5, 0.6) is 0 Å². The van der Waals surface area contributed by atoms with Crippen molar-refractivity contribution >= 4 is 5.82 Å². The van der Waals surface area contributed by atoms with E-state index in [9.17, 15) is 13.2 Å². The van der Waals surface area contributed by atoms with E-state index in [1.807, 2.05) is 33.8 Å². The molecule has 1 heterocycles. The van der Waals surface area contributed by atoms with E-state index in [1.165, 1.54) is 7.05 Å². The average Bonchev–Trinajstić information content (AvgIpc) is 2.33. The van der Waals surface area contributed by atoms with Gasteiger partial charge in [0.1, 0.15) is 12.4 Å². The zero-order valence-corrected chi connectivity index (χ0v) is 13.3. The lowest BCUT2D eigenvalue weighted by atomic mass is 9.90. The Morgan fingerprint density at radius 3 is 2.29 bits per heavy atom. The van der Waals surface area contributed by atoms with Crippen LogP contribution in [0.3, 0.4) is 0 Å². The van der Waals surface area contributed by atoms with Crippen molar-refractivity contribution < 1.29 is 13.2 Å². The van der Waals surface area contributed by atoms with Gasteiger partial charge in [-0.2, -0.15) is 13.2 Å². The number of aromatic nitrogens is 1. The summed E-state index contributed by atoms with van der Waals surface area (Å²) in [7, 11) is 1.42.